The molecule has 2 atom stereocenters. The second-order valence-corrected chi connectivity index (χ2v) is 7.82. The van der Waals surface area contributed by atoms with Gasteiger partial charge >= 0.3 is 0 Å². The van der Waals surface area contributed by atoms with E-state index in [0.29, 0.717) is 23.8 Å². The normalized spacial score (nSPS) is 24.0. The second kappa shape index (κ2) is 6.41. The summed E-state index contributed by atoms with van der Waals surface area (Å²) < 4.78 is 0. The highest BCUT2D eigenvalue weighted by Gasteiger charge is 2.42. The lowest BCUT2D eigenvalue weighted by Crippen LogP contribution is -2.38. The third-order valence-electron chi connectivity index (χ3n) is 6.41. The highest BCUT2D eigenvalue weighted by molar-refractivity contribution is 5.55. The van der Waals surface area contributed by atoms with E-state index in [-0.39, 0.29) is 0 Å². The van der Waals surface area contributed by atoms with Crippen molar-refractivity contribution in [2.24, 2.45) is 5.92 Å². The Morgan fingerprint density at radius 1 is 0.769 bits per heavy atom. The maximum absolute atomic E-state index is 3.82. The lowest BCUT2D eigenvalue weighted by atomic mass is 9.59. The molecule has 0 unspecified atom stereocenters. The fourth-order valence-electron chi connectivity index (χ4n) is 5.15. The summed E-state index contributed by atoms with van der Waals surface area (Å²) >= 11 is 0. The average molecular weight is 339 g/mol. The Balaban J connectivity index is 1.44. The standard InChI is InChI=1S/C25H25N/c1-17(18-9-3-2-4-10-18)26-16-19-15-24-20-11-5-7-13-22(20)25(19)23-14-8-6-12-21(23)24/h2-14,17,19,24-26H,15-16H2,1H3/t17-,19+,24?,25?/m1/s1. The van der Waals surface area contributed by atoms with Crippen LogP contribution in [0, 0.1) is 5.92 Å². The first kappa shape index (κ1) is 15.8. The van der Waals surface area contributed by atoms with Gasteiger partial charge in [-0.3, -0.25) is 0 Å². The molecule has 1 heteroatoms. The molecule has 3 aromatic carbocycles. The van der Waals surface area contributed by atoms with Crippen LogP contribution in [0.4, 0.5) is 0 Å². The summed E-state index contributed by atoms with van der Waals surface area (Å²) in [5, 5.41) is 3.82. The van der Waals surface area contributed by atoms with E-state index in [4.69, 9.17) is 0 Å². The quantitative estimate of drug-likeness (QED) is 0.649. The minimum atomic E-state index is 0.391. The Morgan fingerprint density at radius 3 is 1.92 bits per heavy atom. The molecule has 2 bridgehead atoms. The van der Waals surface area contributed by atoms with Crippen LogP contribution < -0.4 is 5.32 Å². The lowest BCUT2D eigenvalue weighted by Gasteiger charge is -2.46. The molecule has 0 fully saturated rings. The molecule has 1 N–H and O–H groups in total. The van der Waals surface area contributed by atoms with Gasteiger partial charge in [0.15, 0.2) is 0 Å². The Hall–Kier alpha value is -2.38. The summed E-state index contributed by atoms with van der Waals surface area (Å²) in [5.74, 6) is 1.75. The van der Waals surface area contributed by atoms with Crippen molar-refractivity contribution in [3.05, 3.63) is 107 Å². The molecule has 26 heavy (non-hydrogen) atoms. The van der Waals surface area contributed by atoms with Gasteiger partial charge in [-0.05, 0) is 53.6 Å². The van der Waals surface area contributed by atoms with E-state index in [1.54, 1.807) is 22.3 Å². The number of rotatable bonds is 4. The van der Waals surface area contributed by atoms with Gasteiger partial charge in [0.1, 0.15) is 0 Å². The van der Waals surface area contributed by atoms with Crippen molar-refractivity contribution in [2.45, 2.75) is 31.2 Å². The molecular formula is C25H25N. The lowest BCUT2D eigenvalue weighted by molar-refractivity contribution is 0.328. The molecule has 3 aliphatic rings. The van der Waals surface area contributed by atoms with Gasteiger partial charge in [0, 0.05) is 17.9 Å². The third-order valence-corrected chi connectivity index (χ3v) is 6.41. The third kappa shape index (κ3) is 2.50. The minimum absolute atomic E-state index is 0.391. The molecule has 0 aromatic heterocycles. The van der Waals surface area contributed by atoms with Crippen molar-refractivity contribution in [3.63, 3.8) is 0 Å². The Labute approximate surface area is 156 Å². The van der Waals surface area contributed by atoms with Crippen LogP contribution in [0.15, 0.2) is 78.9 Å². The van der Waals surface area contributed by atoms with Gasteiger partial charge in [0.25, 0.3) is 0 Å². The van der Waals surface area contributed by atoms with Crippen LogP contribution in [0.25, 0.3) is 0 Å². The molecule has 1 nitrogen and oxygen atoms in total. The first-order valence-corrected chi connectivity index (χ1v) is 9.79. The molecule has 0 radical (unpaired) electrons. The van der Waals surface area contributed by atoms with Crippen LogP contribution in [-0.4, -0.2) is 6.54 Å². The fourth-order valence-corrected chi connectivity index (χ4v) is 5.15. The van der Waals surface area contributed by atoms with Gasteiger partial charge in [-0.1, -0.05) is 78.9 Å². The SMILES string of the molecule is C[C@@H](NC[C@@H]1CC2c3ccccc3C1c1ccccc12)c1ccccc1. The summed E-state index contributed by atoms with van der Waals surface area (Å²) in [6.45, 7) is 3.35. The van der Waals surface area contributed by atoms with Gasteiger partial charge < -0.3 is 5.32 Å². The maximum Gasteiger partial charge on any atom is 0.0291 e. The van der Waals surface area contributed by atoms with E-state index in [1.807, 2.05) is 0 Å². The van der Waals surface area contributed by atoms with Crippen LogP contribution in [0.1, 0.15) is 59.0 Å². The molecule has 0 saturated carbocycles. The number of benzene rings is 3. The first-order chi connectivity index (χ1) is 12.8. The van der Waals surface area contributed by atoms with Gasteiger partial charge in [-0.25, -0.2) is 0 Å². The smallest absolute Gasteiger partial charge is 0.0291 e. The number of hydrogen-bond donors (Lipinski definition) is 1. The van der Waals surface area contributed by atoms with Crippen molar-refractivity contribution < 1.29 is 0 Å². The first-order valence-electron chi connectivity index (χ1n) is 9.79. The van der Waals surface area contributed by atoms with Crippen molar-refractivity contribution in [3.8, 4) is 0 Å². The summed E-state index contributed by atoms with van der Waals surface area (Å²) in [4.78, 5) is 0. The molecule has 3 aromatic rings. The van der Waals surface area contributed by atoms with Gasteiger partial charge in [0.2, 0.25) is 0 Å². The summed E-state index contributed by atoms with van der Waals surface area (Å²) in [6.07, 6.45) is 1.26. The summed E-state index contributed by atoms with van der Waals surface area (Å²) in [7, 11) is 0. The van der Waals surface area contributed by atoms with Gasteiger partial charge in [-0.15, -0.1) is 0 Å². The molecule has 3 aliphatic carbocycles. The van der Waals surface area contributed by atoms with E-state index < -0.39 is 0 Å². The van der Waals surface area contributed by atoms with E-state index >= 15 is 0 Å². The van der Waals surface area contributed by atoms with Crippen LogP contribution in [-0.2, 0) is 0 Å². The minimum Gasteiger partial charge on any atom is -0.310 e. The average Bonchev–Trinajstić information content (AvgIpc) is 2.73. The molecule has 0 saturated heterocycles. The van der Waals surface area contributed by atoms with Crippen molar-refractivity contribution in [1.29, 1.82) is 0 Å². The molecule has 130 valence electrons. The topological polar surface area (TPSA) is 12.0 Å². The van der Waals surface area contributed by atoms with E-state index in [1.165, 1.54) is 12.0 Å². The number of hydrogen-bond acceptors (Lipinski definition) is 1. The van der Waals surface area contributed by atoms with Crippen molar-refractivity contribution >= 4 is 0 Å². The summed E-state index contributed by atoms with van der Waals surface area (Å²) in [5.41, 5.74) is 7.60. The van der Waals surface area contributed by atoms with Crippen LogP contribution in [0.5, 0.6) is 0 Å². The summed E-state index contributed by atoms with van der Waals surface area (Å²) in [6, 6.07) is 29.4. The molecule has 0 aliphatic heterocycles. The monoisotopic (exact) mass is 339 g/mol. The van der Waals surface area contributed by atoms with Crippen LogP contribution in [0.3, 0.4) is 0 Å². The molecule has 0 spiro atoms. The zero-order valence-electron chi connectivity index (χ0n) is 15.2. The Morgan fingerprint density at radius 2 is 1.31 bits per heavy atom. The second-order valence-electron chi connectivity index (χ2n) is 7.82. The molecular weight excluding hydrogens is 314 g/mol. The van der Waals surface area contributed by atoms with Crippen molar-refractivity contribution in [1.82, 2.24) is 5.32 Å². The molecule has 0 heterocycles. The van der Waals surface area contributed by atoms with E-state index in [9.17, 15) is 0 Å². The van der Waals surface area contributed by atoms with Crippen LogP contribution >= 0.6 is 0 Å². The van der Waals surface area contributed by atoms with E-state index in [2.05, 4.69) is 91.1 Å². The molecule has 6 rings (SSSR count). The van der Waals surface area contributed by atoms with Crippen molar-refractivity contribution in [2.75, 3.05) is 6.54 Å². The van der Waals surface area contributed by atoms with Gasteiger partial charge in [-0.2, -0.15) is 0 Å². The predicted octanol–water partition coefficient (Wildman–Crippen LogP) is 5.63. The Bertz CT molecular complexity index is 867. The predicted molar refractivity (Wildman–Crippen MR) is 108 cm³/mol. The Kier molecular flexibility index (Phi) is 3.90. The highest BCUT2D eigenvalue weighted by atomic mass is 14.9. The zero-order valence-corrected chi connectivity index (χ0v) is 15.2. The zero-order chi connectivity index (χ0) is 17.5. The number of fused-ring (bicyclic) bond motifs is 1. The maximum atomic E-state index is 3.82. The fraction of sp³-hybridized carbons (Fsp3) is 0.280. The largest absolute Gasteiger partial charge is 0.310 e. The van der Waals surface area contributed by atoms with Gasteiger partial charge in [0.05, 0.1) is 0 Å². The molecule has 0 amide bonds. The number of nitrogens with one attached hydrogen (secondary N) is 1. The van der Waals surface area contributed by atoms with E-state index in [0.717, 1.165) is 6.54 Å². The highest BCUT2D eigenvalue weighted by Crippen LogP contribution is 2.55. The van der Waals surface area contributed by atoms with Crippen LogP contribution in [0.2, 0.25) is 0 Å².